The molecule has 0 spiro atoms. The summed E-state index contributed by atoms with van der Waals surface area (Å²) in [6, 6.07) is 3.50. The molecule has 0 saturated heterocycles. The van der Waals surface area contributed by atoms with E-state index < -0.39 is 6.10 Å². The summed E-state index contributed by atoms with van der Waals surface area (Å²) in [6.07, 6.45) is 2.14. The SMILES string of the molecule is CC(O)Cn1cccc1C=O. The summed E-state index contributed by atoms with van der Waals surface area (Å²) < 4.78 is 1.72. The fourth-order valence-corrected chi connectivity index (χ4v) is 0.985. The number of aldehydes is 1. The first kappa shape index (κ1) is 8.01. The van der Waals surface area contributed by atoms with Crippen molar-refractivity contribution >= 4 is 6.29 Å². The first-order valence-corrected chi connectivity index (χ1v) is 3.52. The number of aromatic nitrogens is 1. The number of aliphatic hydroxyl groups excluding tert-OH is 1. The Balaban J connectivity index is 2.76. The summed E-state index contributed by atoms with van der Waals surface area (Å²) in [5, 5.41) is 9.01. The predicted molar refractivity (Wildman–Crippen MR) is 41.5 cm³/mol. The van der Waals surface area contributed by atoms with Crippen molar-refractivity contribution in [2.75, 3.05) is 0 Å². The molecule has 3 nitrogen and oxygen atoms in total. The maximum absolute atomic E-state index is 10.4. The highest BCUT2D eigenvalue weighted by Gasteiger charge is 2.01. The number of carbonyl (C=O) groups excluding carboxylic acids is 1. The molecular formula is C8H11NO2. The van der Waals surface area contributed by atoms with Crippen LogP contribution in [0.4, 0.5) is 0 Å². The number of aliphatic hydroxyl groups is 1. The van der Waals surface area contributed by atoms with Gasteiger partial charge in [-0.05, 0) is 19.1 Å². The molecule has 11 heavy (non-hydrogen) atoms. The van der Waals surface area contributed by atoms with Gasteiger partial charge in [-0.2, -0.15) is 0 Å². The molecule has 0 aliphatic carbocycles. The van der Waals surface area contributed by atoms with Crippen LogP contribution < -0.4 is 0 Å². The van der Waals surface area contributed by atoms with E-state index in [2.05, 4.69) is 0 Å². The van der Waals surface area contributed by atoms with E-state index in [1.807, 2.05) is 0 Å². The van der Waals surface area contributed by atoms with Crippen LogP contribution in [0.5, 0.6) is 0 Å². The van der Waals surface area contributed by atoms with Crippen molar-refractivity contribution in [1.82, 2.24) is 4.57 Å². The molecule has 0 saturated carbocycles. The Morgan fingerprint density at radius 1 is 1.82 bits per heavy atom. The smallest absolute Gasteiger partial charge is 0.166 e. The van der Waals surface area contributed by atoms with Gasteiger partial charge in [-0.3, -0.25) is 4.79 Å². The molecule has 0 bridgehead atoms. The van der Waals surface area contributed by atoms with Gasteiger partial charge in [0, 0.05) is 12.7 Å². The van der Waals surface area contributed by atoms with E-state index in [-0.39, 0.29) is 0 Å². The standard InChI is InChI=1S/C8H11NO2/c1-7(11)5-9-4-2-3-8(9)6-10/h2-4,6-7,11H,5H2,1H3. The van der Waals surface area contributed by atoms with Crippen LogP contribution in [0.3, 0.4) is 0 Å². The Morgan fingerprint density at radius 2 is 2.55 bits per heavy atom. The van der Waals surface area contributed by atoms with Crippen molar-refractivity contribution in [1.29, 1.82) is 0 Å². The molecule has 0 aliphatic rings. The first-order valence-electron chi connectivity index (χ1n) is 3.52. The van der Waals surface area contributed by atoms with Crippen molar-refractivity contribution in [2.24, 2.45) is 0 Å². The summed E-state index contributed by atoms with van der Waals surface area (Å²) in [7, 11) is 0. The Morgan fingerprint density at radius 3 is 3.09 bits per heavy atom. The number of hydrogen-bond acceptors (Lipinski definition) is 2. The van der Waals surface area contributed by atoms with E-state index in [0.29, 0.717) is 12.2 Å². The second-order valence-electron chi connectivity index (χ2n) is 2.55. The van der Waals surface area contributed by atoms with Crippen LogP contribution in [0.1, 0.15) is 17.4 Å². The zero-order valence-electron chi connectivity index (χ0n) is 6.40. The van der Waals surface area contributed by atoms with Crippen LogP contribution in [0.2, 0.25) is 0 Å². The van der Waals surface area contributed by atoms with Gasteiger partial charge in [0.1, 0.15) is 0 Å². The van der Waals surface area contributed by atoms with Gasteiger partial charge in [0.25, 0.3) is 0 Å². The zero-order chi connectivity index (χ0) is 8.27. The van der Waals surface area contributed by atoms with Crippen molar-refractivity contribution in [3.8, 4) is 0 Å². The van der Waals surface area contributed by atoms with Crippen LogP contribution in [-0.2, 0) is 6.54 Å². The number of nitrogens with zero attached hydrogens (tertiary/aromatic N) is 1. The molecule has 0 radical (unpaired) electrons. The molecule has 0 aliphatic heterocycles. The monoisotopic (exact) mass is 153 g/mol. The Bertz CT molecular complexity index is 240. The molecule has 1 rings (SSSR count). The minimum atomic E-state index is -0.416. The lowest BCUT2D eigenvalue weighted by Crippen LogP contribution is -2.12. The molecule has 1 atom stereocenters. The topological polar surface area (TPSA) is 42.2 Å². The van der Waals surface area contributed by atoms with Gasteiger partial charge in [0.15, 0.2) is 6.29 Å². The third-order valence-electron chi connectivity index (χ3n) is 1.45. The van der Waals surface area contributed by atoms with Gasteiger partial charge >= 0.3 is 0 Å². The van der Waals surface area contributed by atoms with Gasteiger partial charge in [-0.1, -0.05) is 0 Å². The van der Waals surface area contributed by atoms with E-state index in [1.54, 1.807) is 29.8 Å². The molecular weight excluding hydrogens is 142 g/mol. The van der Waals surface area contributed by atoms with Crippen LogP contribution in [0.15, 0.2) is 18.3 Å². The third-order valence-corrected chi connectivity index (χ3v) is 1.45. The summed E-state index contributed by atoms with van der Waals surface area (Å²) in [4.78, 5) is 10.4. The predicted octanol–water partition coefficient (Wildman–Crippen LogP) is 0.681. The van der Waals surface area contributed by atoms with E-state index in [4.69, 9.17) is 5.11 Å². The van der Waals surface area contributed by atoms with E-state index >= 15 is 0 Å². The Hall–Kier alpha value is -1.09. The Labute approximate surface area is 65.3 Å². The van der Waals surface area contributed by atoms with Crippen molar-refractivity contribution in [3.63, 3.8) is 0 Å². The highest BCUT2D eigenvalue weighted by molar-refractivity contribution is 5.72. The molecule has 0 aromatic carbocycles. The van der Waals surface area contributed by atoms with Gasteiger partial charge < -0.3 is 9.67 Å². The molecule has 3 heteroatoms. The fraction of sp³-hybridized carbons (Fsp3) is 0.375. The largest absolute Gasteiger partial charge is 0.392 e. The van der Waals surface area contributed by atoms with Gasteiger partial charge in [0.05, 0.1) is 11.8 Å². The lowest BCUT2D eigenvalue weighted by molar-refractivity contribution is 0.111. The first-order chi connectivity index (χ1) is 5.24. The second-order valence-corrected chi connectivity index (χ2v) is 2.55. The van der Waals surface area contributed by atoms with E-state index in [9.17, 15) is 4.79 Å². The van der Waals surface area contributed by atoms with Crippen molar-refractivity contribution in [2.45, 2.75) is 19.6 Å². The molecule has 0 amide bonds. The highest BCUT2D eigenvalue weighted by Crippen LogP contribution is 2.00. The molecule has 1 aromatic rings. The van der Waals surface area contributed by atoms with Crippen molar-refractivity contribution in [3.05, 3.63) is 24.0 Å². The summed E-state index contributed by atoms with van der Waals surface area (Å²) in [5.41, 5.74) is 0.603. The van der Waals surface area contributed by atoms with Crippen molar-refractivity contribution < 1.29 is 9.90 Å². The summed E-state index contributed by atoms with van der Waals surface area (Å²) in [5.74, 6) is 0. The van der Waals surface area contributed by atoms with Crippen LogP contribution in [0, 0.1) is 0 Å². The molecule has 60 valence electrons. The fourth-order valence-electron chi connectivity index (χ4n) is 0.985. The maximum Gasteiger partial charge on any atom is 0.166 e. The average molecular weight is 153 g/mol. The quantitative estimate of drug-likeness (QED) is 0.649. The molecule has 1 heterocycles. The number of carbonyl (C=O) groups is 1. The lowest BCUT2D eigenvalue weighted by atomic mass is 10.4. The van der Waals surface area contributed by atoms with Crippen LogP contribution in [0.25, 0.3) is 0 Å². The molecule has 1 unspecified atom stereocenters. The zero-order valence-corrected chi connectivity index (χ0v) is 6.40. The van der Waals surface area contributed by atoms with Gasteiger partial charge in [-0.15, -0.1) is 0 Å². The van der Waals surface area contributed by atoms with E-state index in [0.717, 1.165) is 6.29 Å². The molecule has 1 aromatic heterocycles. The van der Waals surface area contributed by atoms with Gasteiger partial charge in [-0.25, -0.2) is 0 Å². The summed E-state index contributed by atoms with van der Waals surface area (Å²) in [6.45, 7) is 2.16. The molecule has 1 N–H and O–H groups in total. The van der Waals surface area contributed by atoms with E-state index in [1.165, 1.54) is 0 Å². The normalized spacial score (nSPS) is 12.9. The number of hydrogen-bond donors (Lipinski definition) is 1. The average Bonchev–Trinajstić information content (AvgIpc) is 2.34. The highest BCUT2D eigenvalue weighted by atomic mass is 16.3. The Kier molecular flexibility index (Phi) is 2.44. The lowest BCUT2D eigenvalue weighted by Gasteiger charge is -2.06. The minimum absolute atomic E-state index is 0.416. The second kappa shape index (κ2) is 3.34. The van der Waals surface area contributed by atoms with Crippen LogP contribution >= 0.6 is 0 Å². The molecule has 0 fully saturated rings. The van der Waals surface area contributed by atoms with Gasteiger partial charge in [0.2, 0.25) is 0 Å². The minimum Gasteiger partial charge on any atom is -0.392 e. The van der Waals surface area contributed by atoms with Crippen LogP contribution in [-0.4, -0.2) is 22.1 Å². The number of rotatable bonds is 3. The third kappa shape index (κ3) is 1.91. The summed E-state index contributed by atoms with van der Waals surface area (Å²) >= 11 is 0. The maximum atomic E-state index is 10.4.